The first-order valence-corrected chi connectivity index (χ1v) is 11.8. The Hall–Kier alpha value is -2.91. The van der Waals surface area contributed by atoms with E-state index in [-0.39, 0.29) is 5.41 Å². The van der Waals surface area contributed by atoms with Crippen molar-refractivity contribution in [3.8, 4) is 11.8 Å². The van der Waals surface area contributed by atoms with Crippen molar-refractivity contribution < 1.29 is 10.2 Å². The van der Waals surface area contributed by atoms with Gasteiger partial charge < -0.3 is 15.1 Å². The number of benzene rings is 2. The van der Waals surface area contributed by atoms with Crippen molar-refractivity contribution in [2.75, 3.05) is 20.1 Å². The van der Waals surface area contributed by atoms with Crippen LogP contribution in [0.5, 0.6) is 0 Å². The topological polar surface area (TPSA) is 61.5 Å². The van der Waals surface area contributed by atoms with Gasteiger partial charge in [0, 0.05) is 37.3 Å². The van der Waals surface area contributed by atoms with E-state index in [9.17, 15) is 10.2 Å². The molecule has 2 atom stereocenters. The average molecular weight is 458 g/mol. The standard InChI is InChI=1S/C29H35N3O2/c1-21(2)23-10-12-24(13-11-23)29(34,27(3)19-31(5)20-27)25-9-7-8-22(18-25)14-16-28(4,33)26-15-17-32(6)30-26/h7-13,15,17-18,21,33-34H,19-20H2,1-6H3/t28-,29-/m0/s1. The Balaban J connectivity index is 1.75. The van der Waals surface area contributed by atoms with Crippen LogP contribution in [0.3, 0.4) is 0 Å². The maximum atomic E-state index is 12.4. The number of hydrogen-bond donors (Lipinski definition) is 2. The zero-order valence-corrected chi connectivity index (χ0v) is 21.0. The summed E-state index contributed by atoms with van der Waals surface area (Å²) in [6, 6.07) is 17.9. The monoisotopic (exact) mass is 457 g/mol. The van der Waals surface area contributed by atoms with E-state index >= 15 is 0 Å². The highest BCUT2D eigenvalue weighted by atomic mass is 16.3. The minimum atomic E-state index is -1.37. The zero-order valence-electron chi connectivity index (χ0n) is 21.0. The first-order valence-electron chi connectivity index (χ1n) is 11.8. The molecule has 0 saturated carbocycles. The molecule has 0 aliphatic carbocycles. The molecule has 2 heterocycles. The number of aromatic nitrogens is 2. The van der Waals surface area contributed by atoms with Crippen molar-refractivity contribution in [3.05, 3.63) is 88.7 Å². The number of aryl methyl sites for hydroxylation is 1. The minimum absolute atomic E-state index is 0.341. The number of aliphatic hydroxyl groups is 2. The molecule has 0 spiro atoms. The Morgan fingerprint density at radius 3 is 2.24 bits per heavy atom. The van der Waals surface area contributed by atoms with Crippen molar-refractivity contribution in [1.29, 1.82) is 0 Å². The fourth-order valence-electron chi connectivity index (χ4n) is 5.10. The van der Waals surface area contributed by atoms with Gasteiger partial charge in [-0.25, -0.2) is 0 Å². The second-order valence-corrected chi connectivity index (χ2v) is 10.5. The van der Waals surface area contributed by atoms with Gasteiger partial charge in [-0.15, -0.1) is 0 Å². The van der Waals surface area contributed by atoms with Gasteiger partial charge in [0.15, 0.2) is 5.60 Å². The van der Waals surface area contributed by atoms with Crippen molar-refractivity contribution in [2.45, 2.75) is 44.8 Å². The molecule has 1 saturated heterocycles. The van der Waals surface area contributed by atoms with Gasteiger partial charge in [0.25, 0.3) is 0 Å². The maximum Gasteiger partial charge on any atom is 0.167 e. The quantitative estimate of drug-likeness (QED) is 0.569. The lowest BCUT2D eigenvalue weighted by atomic mass is 9.62. The van der Waals surface area contributed by atoms with Crippen molar-refractivity contribution >= 4 is 0 Å². The molecule has 1 fully saturated rings. The largest absolute Gasteiger partial charge is 0.380 e. The van der Waals surface area contributed by atoms with E-state index in [1.165, 1.54) is 5.56 Å². The number of nitrogens with zero attached hydrogens (tertiary/aromatic N) is 3. The van der Waals surface area contributed by atoms with E-state index in [0.29, 0.717) is 11.6 Å². The summed E-state index contributed by atoms with van der Waals surface area (Å²) < 4.78 is 1.65. The van der Waals surface area contributed by atoms with Gasteiger partial charge in [-0.3, -0.25) is 4.68 Å². The molecule has 0 bridgehead atoms. The smallest absolute Gasteiger partial charge is 0.167 e. The van der Waals surface area contributed by atoms with Gasteiger partial charge in [0.2, 0.25) is 0 Å². The Bertz CT molecular complexity index is 1220. The Labute approximate surface area is 203 Å². The third-order valence-electron chi connectivity index (χ3n) is 7.05. The lowest BCUT2D eigenvalue weighted by Crippen LogP contribution is -2.63. The van der Waals surface area contributed by atoms with Gasteiger partial charge in [-0.1, -0.05) is 69.0 Å². The van der Waals surface area contributed by atoms with Crippen LogP contribution in [0.25, 0.3) is 0 Å². The summed E-state index contributed by atoms with van der Waals surface area (Å²) >= 11 is 0. The summed E-state index contributed by atoms with van der Waals surface area (Å²) in [4.78, 5) is 2.22. The van der Waals surface area contributed by atoms with Crippen LogP contribution in [-0.4, -0.2) is 45.0 Å². The first kappa shape index (κ1) is 24.2. The minimum Gasteiger partial charge on any atom is -0.380 e. The van der Waals surface area contributed by atoms with Gasteiger partial charge in [0.05, 0.1) is 0 Å². The SMILES string of the molecule is CC(C)c1ccc([C@](O)(c2cccc(C#C[C@](C)(O)c3ccn(C)n3)c2)C2(C)CN(C)C2)cc1. The van der Waals surface area contributed by atoms with E-state index in [4.69, 9.17) is 0 Å². The fraction of sp³-hybridized carbons (Fsp3) is 0.414. The van der Waals surface area contributed by atoms with Crippen LogP contribution in [-0.2, 0) is 18.2 Å². The fourth-order valence-corrected chi connectivity index (χ4v) is 5.10. The third kappa shape index (κ3) is 4.30. The Morgan fingerprint density at radius 1 is 1.00 bits per heavy atom. The van der Waals surface area contributed by atoms with Crippen molar-refractivity contribution in [3.63, 3.8) is 0 Å². The van der Waals surface area contributed by atoms with Crippen LogP contribution >= 0.6 is 0 Å². The summed E-state index contributed by atoms with van der Waals surface area (Å²) in [5.41, 5.74) is 1.31. The summed E-state index contributed by atoms with van der Waals surface area (Å²) in [7, 11) is 3.88. The normalized spacial score (nSPS) is 19.0. The molecule has 34 heavy (non-hydrogen) atoms. The predicted octanol–water partition coefficient (Wildman–Crippen LogP) is 3.99. The molecule has 4 rings (SSSR count). The van der Waals surface area contributed by atoms with Crippen LogP contribution in [0.15, 0.2) is 60.8 Å². The molecule has 1 aromatic heterocycles. The zero-order chi connectivity index (χ0) is 24.7. The highest BCUT2D eigenvalue weighted by Gasteiger charge is 2.55. The van der Waals surface area contributed by atoms with Crippen LogP contribution in [0.1, 0.15) is 61.6 Å². The lowest BCUT2D eigenvalue weighted by molar-refractivity contribution is -0.127. The summed E-state index contributed by atoms with van der Waals surface area (Å²) in [6.07, 6.45) is 1.78. The maximum absolute atomic E-state index is 12.4. The van der Waals surface area contributed by atoms with E-state index in [1.807, 2.05) is 31.3 Å². The highest BCUT2D eigenvalue weighted by Crippen LogP contribution is 2.50. The third-order valence-corrected chi connectivity index (χ3v) is 7.05. The highest BCUT2D eigenvalue weighted by molar-refractivity contribution is 5.47. The average Bonchev–Trinajstić information content (AvgIpc) is 3.24. The Kier molecular flexibility index (Phi) is 6.20. The number of hydrogen-bond acceptors (Lipinski definition) is 4. The summed E-state index contributed by atoms with van der Waals surface area (Å²) in [5.74, 6) is 6.49. The van der Waals surface area contributed by atoms with E-state index in [2.05, 4.69) is 73.9 Å². The van der Waals surface area contributed by atoms with Crippen molar-refractivity contribution in [1.82, 2.24) is 14.7 Å². The lowest BCUT2D eigenvalue weighted by Gasteiger charge is -2.56. The van der Waals surface area contributed by atoms with E-state index in [1.54, 1.807) is 23.9 Å². The van der Waals surface area contributed by atoms with Crippen LogP contribution in [0.2, 0.25) is 0 Å². The molecular formula is C29H35N3O2. The molecule has 2 N–H and O–H groups in total. The Morgan fingerprint density at radius 2 is 1.68 bits per heavy atom. The first-order chi connectivity index (χ1) is 15.9. The number of rotatable bonds is 5. The van der Waals surface area contributed by atoms with Gasteiger partial charge in [-0.05, 0) is 54.8 Å². The van der Waals surface area contributed by atoms with Gasteiger partial charge >= 0.3 is 0 Å². The molecular weight excluding hydrogens is 422 g/mol. The van der Waals surface area contributed by atoms with E-state index < -0.39 is 11.2 Å². The molecule has 3 aromatic rings. The second-order valence-electron chi connectivity index (χ2n) is 10.5. The van der Waals surface area contributed by atoms with E-state index in [0.717, 1.165) is 29.8 Å². The molecule has 1 aliphatic heterocycles. The summed E-state index contributed by atoms with van der Waals surface area (Å²) in [6.45, 7) is 9.72. The number of likely N-dealkylation sites (tertiary alicyclic amines) is 1. The van der Waals surface area contributed by atoms with Gasteiger partial charge in [-0.2, -0.15) is 5.10 Å². The molecule has 5 nitrogen and oxygen atoms in total. The second kappa shape index (κ2) is 8.70. The molecule has 0 amide bonds. The van der Waals surface area contributed by atoms with Crippen LogP contribution in [0, 0.1) is 17.3 Å². The van der Waals surface area contributed by atoms with Crippen molar-refractivity contribution in [2.24, 2.45) is 12.5 Å². The predicted molar refractivity (Wildman–Crippen MR) is 135 cm³/mol. The molecule has 2 aromatic carbocycles. The molecule has 5 heteroatoms. The molecule has 0 radical (unpaired) electrons. The molecule has 1 aliphatic rings. The van der Waals surface area contributed by atoms with Gasteiger partial charge in [0.1, 0.15) is 11.3 Å². The van der Waals surface area contributed by atoms with Crippen LogP contribution in [0.4, 0.5) is 0 Å². The summed E-state index contributed by atoms with van der Waals surface area (Å²) in [5, 5.41) is 27.5. The molecule has 0 unspecified atom stereocenters. The molecule has 178 valence electrons. The van der Waals surface area contributed by atoms with Crippen LogP contribution < -0.4 is 0 Å².